The molecule has 7 aromatic carbocycles. The van der Waals surface area contributed by atoms with Crippen molar-refractivity contribution in [3.8, 4) is 78.6 Å². The number of imidazole rings is 1. The summed E-state index contributed by atoms with van der Waals surface area (Å²) in [6.45, 7) is 8.53. The Morgan fingerprint density at radius 1 is 0.593 bits per heavy atom. The summed E-state index contributed by atoms with van der Waals surface area (Å²) in [6.07, 6.45) is 2.85. The molecular formula is C54H44N3OPt-. The normalized spacial score (nSPS) is 11.2. The van der Waals surface area contributed by atoms with Gasteiger partial charge in [-0.25, -0.2) is 4.98 Å². The maximum atomic E-state index is 11.8. The Labute approximate surface area is 361 Å². The number of nitrogens with zero attached hydrogens (tertiary/aromatic N) is 3. The van der Waals surface area contributed by atoms with Gasteiger partial charge in [-0.1, -0.05) is 152 Å². The van der Waals surface area contributed by atoms with E-state index in [-0.39, 0.29) is 26.8 Å². The van der Waals surface area contributed by atoms with Crippen LogP contribution < -0.4 is 0 Å². The topological polar surface area (TPSA) is 50.9 Å². The van der Waals surface area contributed by atoms with Crippen molar-refractivity contribution >= 4 is 11.0 Å². The van der Waals surface area contributed by atoms with Crippen molar-refractivity contribution in [3.05, 3.63) is 193 Å². The Kier molecular flexibility index (Phi) is 11.3. The van der Waals surface area contributed by atoms with E-state index in [1.54, 1.807) is 0 Å². The molecule has 9 aromatic rings. The molecular weight excluding hydrogens is 902 g/mol. The summed E-state index contributed by atoms with van der Waals surface area (Å²) in [6, 6.07) is 61.0. The van der Waals surface area contributed by atoms with E-state index in [1.165, 1.54) is 5.56 Å². The molecule has 0 bridgehead atoms. The van der Waals surface area contributed by atoms with Gasteiger partial charge in [-0.15, -0.1) is 23.8 Å². The van der Waals surface area contributed by atoms with Crippen LogP contribution in [0.1, 0.15) is 30.5 Å². The number of para-hydroxylation sites is 1. The molecule has 0 saturated heterocycles. The van der Waals surface area contributed by atoms with E-state index in [0.717, 1.165) is 90.0 Å². The van der Waals surface area contributed by atoms with Gasteiger partial charge in [0.05, 0.1) is 22.3 Å². The van der Waals surface area contributed by atoms with Crippen LogP contribution in [0.4, 0.5) is 0 Å². The zero-order valence-electron chi connectivity index (χ0n) is 33.6. The molecule has 0 atom stereocenters. The van der Waals surface area contributed by atoms with Crippen molar-refractivity contribution in [2.24, 2.45) is 5.92 Å². The summed E-state index contributed by atoms with van der Waals surface area (Å²) in [7, 11) is 0. The van der Waals surface area contributed by atoms with Crippen molar-refractivity contribution in [2.75, 3.05) is 0 Å². The van der Waals surface area contributed by atoms with E-state index in [0.29, 0.717) is 17.3 Å². The summed E-state index contributed by atoms with van der Waals surface area (Å²) >= 11 is 0. The van der Waals surface area contributed by atoms with E-state index in [1.807, 2.05) is 37.4 Å². The average Bonchev–Trinajstić information content (AvgIpc) is 3.65. The van der Waals surface area contributed by atoms with Gasteiger partial charge in [-0.3, -0.25) is 9.55 Å². The molecule has 0 spiro atoms. The molecule has 292 valence electrons. The van der Waals surface area contributed by atoms with Crippen molar-refractivity contribution in [3.63, 3.8) is 0 Å². The molecule has 0 aliphatic carbocycles. The van der Waals surface area contributed by atoms with Crippen LogP contribution in [0, 0.1) is 25.8 Å². The maximum Gasteiger partial charge on any atom is 0.148 e. The molecule has 4 nitrogen and oxygen atoms in total. The minimum atomic E-state index is 0. The van der Waals surface area contributed by atoms with Crippen LogP contribution >= 0.6 is 0 Å². The van der Waals surface area contributed by atoms with Gasteiger partial charge in [0.15, 0.2) is 0 Å². The second-order valence-electron chi connectivity index (χ2n) is 15.6. The Morgan fingerprint density at radius 2 is 1.25 bits per heavy atom. The van der Waals surface area contributed by atoms with Gasteiger partial charge in [-0.2, -0.15) is 0 Å². The third-order valence-electron chi connectivity index (χ3n) is 10.8. The average molecular weight is 946 g/mol. The van der Waals surface area contributed by atoms with E-state index < -0.39 is 0 Å². The van der Waals surface area contributed by atoms with Crippen LogP contribution in [-0.4, -0.2) is 19.6 Å². The number of aryl methyl sites for hydroxylation is 2. The van der Waals surface area contributed by atoms with Gasteiger partial charge in [0.2, 0.25) is 0 Å². The standard InChI is InChI=1S/C54H44N3O.Pt/c1-35(2)27-38-23-24-50(47(30-38)41-19-12-7-13-20-41)57-51-22-14-21-46(52(51)56-54(57)48-29-36(3)28-37(4)53(48)58)44-31-43(40-17-10-6-11-18-40)32-45(33-44)49-34-42(25-26-55-49)39-15-8-5-9-16-39;/h5-26,28-32,34-35,58H,27H2,1-4H3;/q-1;. The Morgan fingerprint density at radius 3 is 1.95 bits per heavy atom. The quantitative estimate of drug-likeness (QED) is 0.147. The molecule has 0 fully saturated rings. The number of hydrogen-bond donors (Lipinski definition) is 1. The number of phenols is 1. The molecule has 0 aliphatic heterocycles. The van der Waals surface area contributed by atoms with Crippen LogP contribution in [0.15, 0.2) is 170 Å². The monoisotopic (exact) mass is 945 g/mol. The number of benzene rings is 7. The number of aromatic nitrogens is 3. The summed E-state index contributed by atoms with van der Waals surface area (Å²) in [5, 5.41) is 11.8. The second-order valence-corrected chi connectivity index (χ2v) is 15.6. The summed E-state index contributed by atoms with van der Waals surface area (Å²) in [5.74, 6) is 1.42. The molecule has 2 heterocycles. The van der Waals surface area contributed by atoms with Crippen molar-refractivity contribution in [2.45, 2.75) is 34.1 Å². The third kappa shape index (κ3) is 7.94. The van der Waals surface area contributed by atoms with Crippen LogP contribution in [0.2, 0.25) is 0 Å². The fraction of sp³-hybridized carbons (Fsp3) is 0.111. The number of hydrogen-bond acceptors (Lipinski definition) is 3. The van der Waals surface area contributed by atoms with Gasteiger partial charge in [-0.05, 0) is 95.5 Å². The molecule has 0 aliphatic rings. The fourth-order valence-electron chi connectivity index (χ4n) is 8.14. The molecule has 9 rings (SSSR count). The number of fused-ring (bicyclic) bond motifs is 1. The number of aromatic hydroxyl groups is 1. The predicted octanol–water partition coefficient (Wildman–Crippen LogP) is 13.7. The van der Waals surface area contributed by atoms with Crippen LogP contribution in [-0.2, 0) is 27.5 Å². The molecule has 5 heteroatoms. The Hall–Kier alpha value is -6.35. The minimum Gasteiger partial charge on any atom is -0.507 e. The zero-order valence-corrected chi connectivity index (χ0v) is 35.8. The molecule has 0 amide bonds. The summed E-state index contributed by atoms with van der Waals surface area (Å²) in [5.41, 5.74) is 16.8. The van der Waals surface area contributed by atoms with E-state index in [4.69, 9.17) is 9.97 Å². The molecule has 0 saturated carbocycles. The smallest absolute Gasteiger partial charge is 0.148 e. The summed E-state index contributed by atoms with van der Waals surface area (Å²) < 4.78 is 2.24. The van der Waals surface area contributed by atoms with Crippen LogP contribution in [0.25, 0.3) is 83.9 Å². The first-order chi connectivity index (χ1) is 28.3. The van der Waals surface area contributed by atoms with Gasteiger partial charge in [0.1, 0.15) is 11.6 Å². The number of rotatable bonds is 9. The molecule has 0 radical (unpaired) electrons. The van der Waals surface area contributed by atoms with Crippen molar-refractivity contribution < 1.29 is 26.2 Å². The SMILES string of the molecule is Cc1cc(C)c(O)c(-c2nc3c(-c4[c-]c(-c5cc(-c6ccccc6)ccn5)cc(-c5ccccc5)c4)cccc3n2-c2ccc(CC(C)C)cc2-c2ccccc2)c1.[Pt]. The largest absolute Gasteiger partial charge is 0.507 e. The Bertz CT molecular complexity index is 2920. The van der Waals surface area contributed by atoms with Gasteiger partial charge in [0.25, 0.3) is 0 Å². The third-order valence-corrected chi connectivity index (χ3v) is 10.8. The van der Waals surface area contributed by atoms with Crippen molar-refractivity contribution in [1.29, 1.82) is 0 Å². The predicted molar refractivity (Wildman–Crippen MR) is 240 cm³/mol. The molecule has 1 N–H and O–H groups in total. The first-order valence-corrected chi connectivity index (χ1v) is 20.0. The minimum absolute atomic E-state index is 0. The van der Waals surface area contributed by atoms with E-state index in [9.17, 15) is 5.11 Å². The van der Waals surface area contributed by atoms with Crippen LogP contribution in [0.5, 0.6) is 5.75 Å². The van der Waals surface area contributed by atoms with E-state index in [2.05, 4.69) is 171 Å². The molecule has 2 aromatic heterocycles. The number of phenolic OH excluding ortho intramolecular Hbond substituents is 1. The van der Waals surface area contributed by atoms with E-state index >= 15 is 0 Å². The molecule has 59 heavy (non-hydrogen) atoms. The van der Waals surface area contributed by atoms with Crippen molar-refractivity contribution in [1.82, 2.24) is 14.5 Å². The summed E-state index contributed by atoms with van der Waals surface area (Å²) in [4.78, 5) is 10.4. The van der Waals surface area contributed by atoms with Gasteiger partial charge >= 0.3 is 0 Å². The first-order valence-electron chi connectivity index (χ1n) is 20.0. The zero-order chi connectivity index (χ0) is 39.8. The maximum absolute atomic E-state index is 11.8. The molecule has 0 unspecified atom stereocenters. The van der Waals surface area contributed by atoms with Crippen LogP contribution in [0.3, 0.4) is 0 Å². The Balaban J connectivity index is 0.00000484. The first kappa shape index (κ1) is 39.5. The second kappa shape index (κ2) is 16.9. The number of pyridine rings is 1. The van der Waals surface area contributed by atoms with Gasteiger partial charge < -0.3 is 5.11 Å². The fourth-order valence-corrected chi connectivity index (χ4v) is 8.14. The van der Waals surface area contributed by atoms with Gasteiger partial charge in [0, 0.05) is 38.5 Å².